The van der Waals surface area contributed by atoms with Crippen LogP contribution in [0.25, 0.3) is 0 Å². The standard InChI is InChI=1S/C23H29N3O3/c1-17-8-10-19(11-9-17)24-22(27)21(18-5-2-3-6-18)25-12-14-26(15-13-25)23(28)20-7-4-16-29-20/h4,7-11,16,18,21H,2-3,5-6,12-15H2,1H3,(H,24,27). The molecule has 154 valence electrons. The quantitative estimate of drug-likeness (QED) is 0.841. The van der Waals surface area contributed by atoms with E-state index in [1.54, 1.807) is 12.1 Å². The van der Waals surface area contributed by atoms with E-state index in [-0.39, 0.29) is 17.9 Å². The zero-order valence-corrected chi connectivity index (χ0v) is 17.0. The van der Waals surface area contributed by atoms with Gasteiger partial charge < -0.3 is 14.6 Å². The van der Waals surface area contributed by atoms with Crippen LogP contribution in [0.4, 0.5) is 5.69 Å². The Hall–Kier alpha value is -2.60. The summed E-state index contributed by atoms with van der Waals surface area (Å²) in [5.74, 6) is 0.762. The van der Waals surface area contributed by atoms with Crippen LogP contribution >= 0.6 is 0 Å². The lowest BCUT2D eigenvalue weighted by Crippen LogP contribution is -2.56. The topological polar surface area (TPSA) is 65.8 Å². The normalized spacial score (nSPS) is 19.3. The van der Waals surface area contributed by atoms with Gasteiger partial charge in [-0.05, 0) is 49.9 Å². The first-order valence-corrected chi connectivity index (χ1v) is 10.6. The molecule has 1 aromatic carbocycles. The van der Waals surface area contributed by atoms with Crippen molar-refractivity contribution in [2.24, 2.45) is 5.92 Å². The van der Waals surface area contributed by atoms with E-state index in [1.807, 2.05) is 36.1 Å². The van der Waals surface area contributed by atoms with Gasteiger partial charge in [-0.2, -0.15) is 0 Å². The first-order chi connectivity index (χ1) is 14.1. The lowest BCUT2D eigenvalue weighted by molar-refractivity contribution is -0.123. The number of carbonyl (C=O) groups is 2. The highest BCUT2D eigenvalue weighted by Crippen LogP contribution is 2.31. The molecule has 29 heavy (non-hydrogen) atoms. The number of nitrogens with zero attached hydrogens (tertiary/aromatic N) is 2. The van der Waals surface area contributed by atoms with Crippen LogP contribution in [0.2, 0.25) is 0 Å². The second-order valence-corrected chi connectivity index (χ2v) is 8.15. The summed E-state index contributed by atoms with van der Waals surface area (Å²) in [7, 11) is 0. The second-order valence-electron chi connectivity index (χ2n) is 8.15. The maximum atomic E-state index is 13.2. The molecular weight excluding hydrogens is 366 g/mol. The number of anilines is 1. The second kappa shape index (κ2) is 8.82. The molecule has 1 N–H and O–H groups in total. The third-order valence-electron chi connectivity index (χ3n) is 6.16. The van der Waals surface area contributed by atoms with Gasteiger partial charge in [-0.15, -0.1) is 0 Å². The van der Waals surface area contributed by atoms with Gasteiger partial charge in [-0.3, -0.25) is 14.5 Å². The lowest BCUT2D eigenvalue weighted by atomic mass is 9.94. The SMILES string of the molecule is Cc1ccc(NC(=O)C(C2CCCC2)N2CCN(C(=O)c3ccco3)CC2)cc1. The van der Waals surface area contributed by atoms with Crippen LogP contribution in [0.3, 0.4) is 0 Å². The zero-order valence-electron chi connectivity index (χ0n) is 17.0. The smallest absolute Gasteiger partial charge is 0.289 e. The fourth-order valence-electron chi connectivity index (χ4n) is 4.56. The number of hydrogen-bond donors (Lipinski definition) is 1. The predicted molar refractivity (Wildman–Crippen MR) is 112 cm³/mol. The van der Waals surface area contributed by atoms with Gasteiger partial charge in [-0.1, -0.05) is 30.5 Å². The summed E-state index contributed by atoms with van der Waals surface area (Å²) in [6, 6.07) is 11.2. The molecule has 1 aromatic heterocycles. The molecule has 1 unspecified atom stereocenters. The van der Waals surface area contributed by atoms with Gasteiger partial charge in [0.2, 0.25) is 5.91 Å². The Morgan fingerprint density at radius 2 is 1.72 bits per heavy atom. The van der Waals surface area contributed by atoms with E-state index in [0.29, 0.717) is 37.9 Å². The van der Waals surface area contributed by atoms with Crippen LogP contribution in [0, 0.1) is 12.8 Å². The minimum Gasteiger partial charge on any atom is -0.459 e. The van der Waals surface area contributed by atoms with Gasteiger partial charge >= 0.3 is 0 Å². The molecule has 2 fully saturated rings. The Labute approximate surface area is 171 Å². The van der Waals surface area contributed by atoms with Crippen molar-refractivity contribution in [3.63, 3.8) is 0 Å². The molecule has 6 heteroatoms. The number of nitrogens with one attached hydrogen (secondary N) is 1. The van der Waals surface area contributed by atoms with Gasteiger partial charge in [0, 0.05) is 31.9 Å². The molecule has 1 aliphatic heterocycles. The molecule has 6 nitrogen and oxygen atoms in total. The first kappa shape index (κ1) is 19.7. The maximum absolute atomic E-state index is 13.2. The van der Waals surface area contributed by atoms with Crippen LogP contribution in [-0.4, -0.2) is 53.8 Å². The molecule has 1 aliphatic carbocycles. The highest BCUT2D eigenvalue weighted by molar-refractivity contribution is 5.95. The van der Waals surface area contributed by atoms with E-state index in [0.717, 1.165) is 18.5 Å². The third-order valence-corrected chi connectivity index (χ3v) is 6.16. The van der Waals surface area contributed by atoms with Crippen LogP contribution in [0.1, 0.15) is 41.8 Å². The minimum absolute atomic E-state index is 0.0730. The van der Waals surface area contributed by atoms with Crippen LogP contribution in [0.15, 0.2) is 47.1 Å². The zero-order chi connectivity index (χ0) is 20.2. The molecule has 1 atom stereocenters. The molecule has 0 spiro atoms. The number of hydrogen-bond acceptors (Lipinski definition) is 4. The van der Waals surface area contributed by atoms with Crippen LogP contribution < -0.4 is 5.32 Å². The van der Waals surface area contributed by atoms with Crippen molar-refractivity contribution >= 4 is 17.5 Å². The predicted octanol–water partition coefficient (Wildman–Crippen LogP) is 3.54. The van der Waals surface area contributed by atoms with E-state index >= 15 is 0 Å². The van der Waals surface area contributed by atoms with Crippen molar-refractivity contribution in [2.75, 3.05) is 31.5 Å². The number of aryl methyl sites for hydroxylation is 1. The van der Waals surface area contributed by atoms with Crippen LogP contribution in [-0.2, 0) is 4.79 Å². The summed E-state index contributed by atoms with van der Waals surface area (Å²) < 4.78 is 5.25. The Bertz CT molecular complexity index is 818. The molecule has 2 aromatic rings. The summed E-state index contributed by atoms with van der Waals surface area (Å²) in [5.41, 5.74) is 2.02. The highest BCUT2D eigenvalue weighted by Gasteiger charge is 2.37. The first-order valence-electron chi connectivity index (χ1n) is 10.6. The number of carbonyl (C=O) groups excluding carboxylic acids is 2. The van der Waals surface area contributed by atoms with Crippen LogP contribution in [0.5, 0.6) is 0 Å². The monoisotopic (exact) mass is 395 g/mol. The molecule has 4 rings (SSSR count). The average molecular weight is 396 g/mol. The Morgan fingerprint density at radius 1 is 1.03 bits per heavy atom. The minimum atomic E-state index is -0.139. The number of amides is 2. The van der Waals surface area contributed by atoms with E-state index < -0.39 is 0 Å². The van der Waals surface area contributed by atoms with Crippen molar-refractivity contribution in [1.29, 1.82) is 0 Å². The van der Waals surface area contributed by atoms with Gasteiger partial charge in [-0.25, -0.2) is 0 Å². The van der Waals surface area contributed by atoms with Crippen molar-refractivity contribution in [2.45, 2.75) is 38.6 Å². The summed E-state index contributed by atoms with van der Waals surface area (Å²) in [4.78, 5) is 29.9. The Morgan fingerprint density at radius 3 is 2.34 bits per heavy atom. The van der Waals surface area contributed by atoms with E-state index in [4.69, 9.17) is 4.42 Å². The molecule has 2 aliphatic rings. The Kier molecular flexibility index (Phi) is 6.00. The molecule has 2 heterocycles. The Balaban J connectivity index is 1.42. The number of piperazine rings is 1. The summed E-state index contributed by atoms with van der Waals surface area (Å²) in [6.07, 6.45) is 6.09. The van der Waals surface area contributed by atoms with Crippen molar-refractivity contribution in [3.8, 4) is 0 Å². The number of furan rings is 1. The fourth-order valence-corrected chi connectivity index (χ4v) is 4.56. The van der Waals surface area contributed by atoms with Crippen molar-refractivity contribution < 1.29 is 14.0 Å². The molecule has 0 bridgehead atoms. The molecule has 2 amide bonds. The highest BCUT2D eigenvalue weighted by atomic mass is 16.3. The van der Waals surface area contributed by atoms with Crippen molar-refractivity contribution in [1.82, 2.24) is 9.80 Å². The third kappa shape index (κ3) is 4.53. The van der Waals surface area contributed by atoms with Gasteiger partial charge in [0.05, 0.1) is 12.3 Å². The van der Waals surface area contributed by atoms with Gasteiger partial charge in [0.15, 0.2) is 5.76 Å². The van der Waals surface area contributed by atoms with Gasteiger partial charge in [0.1, 0.15) is 0 Å². The summed E-state index contributed by atoms with van der Waals surface area (Å²) in [6.45, 7) is 4.67. The average Bonchev–Trinajstić information content (AvgIpc) is 3.44. The molecule has 0 radical (unpaired) electrons. The lowest BCUT2D eigenvalue weighted by Gasteiger charge is -2.40. The molecule has 1 saturated carbocycles. The number of benzene rings is 1. The van der Waals surface area contributed by atoms with E-state index in [1.165, 1.54) is 24.7 Å². The van der Waals surface area contributed by atoms with E-state index in [9.17, 15) is 9.59 Å². The van der Waals surface area contributed by atoms with Crippen molar-refractivity contribution in [3.05, 3.63) is 54.0 Å². The summed E-state index contributed by atoms with van der Waals surface area (Å²) in [5, 5.41) is 3.12. The fraction of sp³-hybridized carbons (Fsp3) is 0.478. The van der Waals surface area contributed by atoms with Gasteiger partial charge in [0.25, 0.3) is 5.91 Å². The summed E-state index contributed by atoms with van der Waals surface area (Å²) >= 11 is 0. The maximum Gasteiger partial charge on any atom is 0.289 e. The molecular formula is C23H29N3O3. The largest absolute Gasteiger partial charge is 0.459 e. The van der Waals surface area contributed by atoms with E-state index in [2.05, 4.69) is 10.2 Å². The molecule has 1 saturated heterocycles. The number of rotatable bonds is 5.